The van der Waals surface area contributed by atoms with Gasteiger partial charge in [0.1, 0.15) is 17.3 Å². The van der Waals surface area contributed by atoms with E-state index in [0.29, 0.717) is 36.9 Å². The van der Waals surface area contributed by atoms with Crippen molar-refractivity contribution in [2.75, 3.05) is 11.9 Å². The second kappa shape index (κ2) is 9.94. The summed E-state index contributed by atoms with van der Waals surface area (Å²) in [6.45, 7) is 7.45. The lowest BCUT2D eigenvalue weighted by molar-refractivity contribution is -0.132. The minimum absolute atomic E-state index is 0.0985. The van der Waals surface area contributed by atoms with Crippen LogP contribution < -0.4 is 5.32 Å². The van der Waals surface area contributed by atoms with Gasteiger partial charge < -0.3 is 14.8 Å². The third-order valence-electron chi connectivity index (χ3n) is 5.90. The first kappa shape index (κ1) is 22.6. The fourth-order valence-electron chi connectivity index (χ4n) is 4.23. The average Bonchev–Trinajstić information content (AvgIpc) is 3.49. The molecule has 1 aliphatic heterocycles. The molecule has 0 bridgehead atoms. The summed E-state index contributed by atoms with van der Waals surface area (Å²) in [4.78, 5) is 40.9. The Morgan fingerprint density at radius 1 is 1.18 bits per heavy atom. The van der Waals surface area contributed by atoms with E-state index in [1.165, 1.54) is 0 Å². The Bertz CT molecular complexity index is 1120. The number of hydrogen-bond donors (Lipinski definition) is 1. The highest BCUT2D eigenvalue weighted by atomic mass is 16.2. The van der Waals surface area contributed by atoms with Crippen molar-refractivity contribution in [2.24, 2.45) is 0 Å². The zero-order valence-electron chi connectivity index (χ0n) is 19.4. The van der Waals surface area contributed by atoms with Crippen LogP contribution in [0.1, 0.15) is 72.6 Å². The fourth-order valence-corrected chi connectivity index (χ4v) is 4.23. The third-order valence-corrected chi connectivity index (χ3v) is 5.90. The minimum atomic E-state index is -0.314. The van der Waals surface area contributed by atoms with E-state index in [1.807, 2.05) is 36.2 Å². The molecule has 0 radical (unpaired) electrons. The Hall–Kier alpha value is -3.55. The number of carbonyl (C=O) groups is 2. The van der Waals surface area contributed by atoms with Gasteiger partial charge in [-0.15, -0.1) is 0 Å². The molecule has 1 saturated heterocycles. The highest BCUT2D eigenvalue weighted by molar-refractivity contribution is 6.02. The lowest BCUT2D eigenvalue weighted by Crippen LogP contribution is -2.32. The van der Waals surface area contributed by atoms with Crippen LogP contribution in [0.3, 0.4) is 0 Å². The van der Waals surface area contributed by atoms with Gasteiger partial charge in [-0.1, -0.05) is 26.0 Å². The molecule has 1 unspecified atom stereocenters. The molecule has 172 valence electrons. The van der Waals surface area contributed by atoms with Gasteiger partial charge in [-0.2, -0.15) is 0 Å². The maximum absolute atomic E-state index is 13.1. The van der Waals surface area contributed by atoms with Crippen LogP contribution >= 0.6 is 0 Å². The summed E-state index contributed by atoms with van der Waals surface area (Å²) in [5.41, 5.74) is 2.08. The molecule has 0 aromatic carbocycles. The summed E-state index contributed by atoms with van der Waals surface area (Å²) in [5.74, 6) is 1.56. The van der Waals surface area contributed by atoms with E-state index in [2.05, 4.69) is 38.7 Å². The van der Waals surface area contributed by atoms with Gasteiger partial charge in [0.15, 0.2) is 0 Å². The summed E-state index contributed by atoms with van der Waals surface area (Å²) in [5, 5.41) is 2.79. The lowest BCUT2D eigenvalue weighted by atomic mass is 10.1. The number of hydrogen-bond acceptors (Lipinski definition) is 5. The number of likely N-dealkylation sites (tertiary alicyclic amines) is 1. The molecular formula is C25H30N6O2. The van der Waals surface area contributed by atoms with Crippen LogP contribution in [-0.2, 0) is 11.3 Å². The van der Waals surface area contributed by atoms with E-state index in [9.17, 15) is 9.59 Å². The maximum Gasteiger partial charge on any atom is 0.275 e. The molecule has 3 aromatic rings. The third kappa shape index (κ3) is 5.27. The number of anilines is 1. The van der Waals surface area contributed by atoms with Gasteiger partial charge in [0.05, 0.1) is 11.7 Å². The first-order valence-electron chi connectivity index (χ1n) is 11.4. The van der Waals surface area contributed by atoms with Gasteiger partial charge in [-0.05, 0) is 43.5 Å². The smallest absolute Gasteiger partial charge is 0.275 e. The molecule has 4 heterocycles. The topological polar surface area (TPSA) is 93.0 Å². The highest BCUT2D eigenvalue weighted by Crippen LogP contribution is 2.31. The monoisotopic (exact) mass is 446 g/mol. The van der Waals surface area contributed by atoms with E-state index < -0.39 is 0 Å². The predicted molar refractivity (Wildman–Crippen MR) is 126 cm³/mol. The van der Waals surface area contributed by atoms with Crippen molar-refractivity contribution in [2.45, 2.75) is 58.5 Å². The minimum Gasteiger partial charge on any atom is -0.334 e. The summed E-state index contributed by atoms with van der Waals surface area (Å²) in [7, 11) is 0. The number of aromatic nitrogens is 4. The number of pyridine rings is 2. The van der Waals surface area contributed by atoms with Gasteiger partial charge in [0, 0.05) is 44.0 Å². The molecule has 2 amide bonds. The second-order valence-electron chi connectivity index (χ2n) is 8.75. The Kier molecular flexibility index (Phi) is 6.82. The van der Waals surface area contributed by atoms with Crippen LogP contribution in [0.4, 0.5) is 5.82 Å². The Morgan fingerprint density at radius 2 is 2.03 bits per heavy atom. The standard InChI is InChI=1S/C25H30N6O2/c1-17(2)24-26-12-15-30(24)14-11-23(32)31-13-5-8-21(31)19-6-4-7-20(28-19)25(33)29-22-10-9-18(3)16-27-22/h4,6-7,9-10,12,15-17,21H,5,8,11,13-14H2,1-3H3,(H,27,29,33). The van der Waals surface area contributed by atoms with Crippen LogP contribution in [0.15, 0.2) is 48.9 Å². The SMILES string of the molecule is Cc1ccc(NC(=O)c2cccc(C3CCCN3C(=O)CCn3ccnc3C(C)C)n2)nc1. The molecule has 1 atom stereocenters. The second-order valence-corrected chi connectivity index (χ2v) is 8.75. The molecule has 8 heteroatoms. The quantitative estimate of drug-likeness (QED) is 0.590. The van der Waals surface area contributed by atoms with E-state index in [0.717, 1.165) is 29.9 Å². The Labute approximate surface area is 194 Å². The average molecular weight is 447 g/mol. The largest absolute Gasteiger partial charge is 0.334 e. The van der Waals surface area contributed by atoms with Crippen molar-refractivity contribution in [1.82, 2.24) is 24.4 Å². The van der Waals surface area contributed by atoms with Crippen LogP contribution in [0.2, 0.25) is 0 Å². The summed E-state index contributed by atoms with van der Waals surface area (Å²) in [6, 6.07) is 8.93. The number of nitrogens with one attached hydrogen (secondary N) is 1. The molecule has 33 heavy (non-hydrogen) atoms. The van der Waals surface area contributed by atoms with Gasteiger partial charge in [0.25, 0.3) is 5.91 Å². The highest BCUT2D eigenvalue weighted by Gasteiger charge is 2.31. The Morgan fingerprint density at radius 3 is 2.79 bits per heavy atom. The molecule has 1 aliphatic rings. The number of rotatable bonds is 7. The van der Waals surface area contributed by atoms with Gasteiger partial charge in [0.2, 0.25) is 5.91 Å². The molecule has 3 aromatic heterocycles. The first-order valence-corrected chi connectivity index (χ1v) is 11.4. The predicted octanol–water partition coefficient (Wildman–Crippen LogP) is 4.11. The van der Waals surface area contributed by atoms with Gasteiger partial charge in [-0.25, -0.2) is 15.0 Å². The van der Waals surface area contributed by atoms with E-state index >= 15 is 0 Å². The fraction of sp³-hybridized carbons (Fsp3) is 0.400. The summed E-state index contributed by atoms with van der Waals surface area (Å²) >= 11 is 0. The van der Waals surface area contributed by atoms with Crippen molar-refractivity contribution in [3.05, 3.63) is 71.7 Å². The molecule has 0 aliphatic carbocycles. The molecule has 8 nitrogen and oxygen atoms in total. The van der Waals surface area contributed by atoms with Crippen LogP contribution in [-0.4, -0.2) is 42.8 Å². The van der Waals surface area contributed by atoms with Crippen LogP contribution in [0.25, 0.3) is 0 Å². The van der Waals surface area contributed by atoms with E-state index in [-0.39, 0.29) is 17.9 Å². The van der Waals surface area contributed by atoms with Crippen molar-refractivity contribution in [1.29, 1.82) is 0 Å². The molecular weight excluding hydrogens is 416 g/mol. The van der Waals surface area contributed by atoms with Crippen molar-refractivity contribution in [3.63, 3.8) is 0 Å². The molecule has 1 N–H and O–H groups in total. The van der Waals surface area contributed by atoms with Crippen molar-refractivity contribution < 1.29 is 9.59 Å². The number of nitrogens with zero attached hydrogens (tertiary/aromatic N) is 5. The van der Waals surface area contributed by atoms with Crippen molar-refractivity contribution in [3.8, 4) is 0 Å². The molecule has 1 fully saturated rings. The number of amides is 2. The van der Waals surface area contributed by atoms with Crippen LogP contribution in [0, 0.1) is 6.92 Å². The molecule has 0 saturated carbocycles. The summed E-state index contributed by atoms with van der Waals surface area (Å²) < 4.78 is 2.05. The summed E-state index contributed by atoms with van der Waals surface area (Å²) in [6.07, 6.45) is 7.58. The first-order chi connectivity index (χ1) is 15.9. The number of carbonyl (C=O) groups excluding carboxylic acids is 2. The van der Waals surface area contributed by atoms with E-state index in [1.54, 1.807) is 24.5 Å². The zero-order valence-corrected chi connectivity index (χ0v) is 19.4. The zero-order chi connectivity index (χ0) is 23.4. The number of imidazole rings is 1. The Balaban J connectivity index is 1.43. The lowest BCUT2D eigenvalue weighted by Gasteiger charge is -2.25. The number of aryl methyl sites for hydroxylation is 2. The van der Waals surface area contributed by atoms with Gasteiger partial charge >= 0.3 is 0 Å². The van der Waals surface area contributed by atoms with Crippen LogP contribution in [0.5, 0.6) is 0 Å². The van der Waals surface area contributed by atoms with Gasteiger partial charge in [-0.3, -0.25) is 9.59 Å². The molecule has 0 spiro atoms. The normalized spacial score (nSPS) is 15.8. The maximum atomic E-state index is 13.1. The molecule has 4 rings (SSSR count). The van der Waals surface area contributed by atoms with E-state index in [4.69, 9.17) is 0 Å². The van der Waals surface area contributed by atoms with Crippen molar-refractivity contribution >= 4 is 17.6 Å².